The van der Waals surface area contributed by atoms with Crippen LogP contribution >= 0.6 is 7.82 Å². The molecular weight excluding hydrogens is 960 g/mol. The van der Waals surface area contributed by atoms with Gasteiger partial charge < -0.3 is 19.8 Å². The molecule has 0 aliphatic carbocycles. The third-order valence-electron chi connectivity index (χ3n) is 13.2. The van der Waals surface area contributed by atoms with Gasteiger partial charge in [0.05, 0.1) is 39.9 Å². The molecule has 0 fully saturated rings. The van der Waals surface area contributed by atoms with Gasteiger partial charge in [-0.15, -0.1) is 0 Å². The molecule has 3 N–H and O–H groups in total. The second kappa shape index (κ2) is 56.6. The minimum absolute atomic E-state index is 0.0498. The van der Waals surface area contributed by atoms with Gasteiger partial charge in [0.2, 0.25) is 5.91 Å². The van der Waals surface area contributed by atoms with E-state index in [9.17, 15) is 19.4 Å². The van der Waals surface area contributed by atoms with Crippen molar-refractivity contribution in [2.24, 2.45) is 0 Å². The average molecular weight is 1080 g/mol. The van der Waals surface area contributed by atoms with Crippen molar-refractivity contribution < 1.29 is 32.9 Å². The molecule has 0 aromatic heterocycles. The number of nitrogens with one attached hydrogen (secondary N) is 1. The summed E-state index contributed by atoms with van der Waals surface area (Å²) in [6, 6.07) is -0.874. The van der Waals surface area contributed by atoms with Crippen LogP contribution in [-0.2, 0) is 18.4 Å². The summed E-state index contributed by atoms with van der Waals surface area (Å²) in [7, 11) is 1.54. The first-order valence-electron chi connectivity index (χ1n) is 30.9. The number of allylic oxidation sites excluding steroid dienone is 19. The van der Waals surface area contributed by atoms with Crippen molar-refractivity contribution >= 4 is 13.7 Å². The second-order valence-corrected chi connectivity index (χ2v) is 23.1. The summed E-state index contributed by atoms with van der Waals surface area (Å²) in [6.07, 6.45) is 84.5. The zero-order valence-electron chi connectivity index (χ0n) is 49.7. The highest BCUT2D eigenvalue weighted by atomic mass is 31.2. The normalized spacial score (nSPS) is 14.7. The molecule has 3 unspecified atom stereocenters. The smallest absolute Gasteiger partial charge is 0.387 e. The summed E-state index contributed by atoms with van der Waals surface area (Å²) in [5.41, 5.74) is 0. The number of hydrogen-bond donors (Lipinski definition) is 3. The van der Waals surface area contributed by atoms with E-state index in [4.69, 9.17) is 9.05 Å². The first-order chi connectivity index (χ1) is 37.0. The predicted molar refractivity (Wildman–Crippen MR) is 332 cm³/mol. The number of phosphoric acid groups is 1. The number of nitrogens with zero attached hydrogens (tertiary/aromatic N) is 1. The molecule has 0 heterocycles. The fraction of sp³-hybridized carbons (Fsp3) is 0.687. The fourth-order valence-electron chi connectivity index (χ4n) is 8.37. The lowest BCUT2D eigenvalue weighted by atomic mass is 10.0. The first-order valence-corrected chi connectivity index (χ1v) is 32.4. The van der Waals surface area contributed by atoms with Crippen molar-refractivity contribution in [1.82, 2.24) is 5.32 Å². The lowest BCUT2D eigenvalue weighted by Gasteiger charge is -2.25. The standard InChI is InChI=1S/C67H117N2O6P/c1-6-8-10-12-14-16-18-20-22-24-26-27-28-29-30-31-32-33-34-35-36-37-38-39-40-41-43-45-47-49-51-53-55-57-59-61-67(71)68-65(64-75-76(72,73)74-63-62-69(3,4)5)66(70)60-58-56-54-52-50-48-46-44-42-25-23-21-19-17-15-13-11-9-7-2/h8,10,14,16,20,22,26-27,29-30,32-33,35-36,38-39,50,52,58,60,65-66,70H,6-7,9,11-13,15,17-19,21,23-25,28,31,34,37,40-49,51,53-57,59,61-64H2,1-5H3,(H-,68,71,72,73)/p+1/b10-8-,16-14-,22-20-,27-26-,30-29-,33-32-,36-35-,39-38-,52-50+,60-58+. The van der Waals surface area contributed by atoms with Gasteiger partial charge in [-0.25, -0.2) is 4.57 Å². The zero-order valence-corrected chi connectivity index (χ0v) is 50.6. The van der Waals surface area contributed by atoms with Gasteiger partial charge in [0, 0.05) is 6.42 Å². The van der Waals surface area contributed by atoms with Crippen LogP contribution in [0.3, 0.4) is 0 Å². The highest BCUT2D eigenvalue weighted by molar-refractivity contribution is 7.47. The summed E-state index contributed by atoms with van der Waals surface area (Å²) in [5, 5.41) is 13.9. The molecule has 0 aromatic rings. The number of amides is 1. The number of carbonyl (C=O) groups is 1. The van der Waals surface area contributed by atoms with Gasteiger partial charge in [-0.2, -0.15) is 0 Å². The Labute approximate surface area is 469 Å². The fourth-order valence-corrected chi connectivity index (χ4v) is 9.10. The molecule has 0 saturated heterocycles. The minimum atomic E-state index is -4.37. The van der Waals surface area contributed by atoms with Gasteiger partial charge in [-0.05, 0) is 96.3 Å². The van der Waals surface area contributed by atoms with Gasteiger partial charge in [0.15, 0.2) is 0 Å². The number of likely N-dealkylation sites (N-methyl/N-ethyl adjacent to an activating group) is 1. The summed E-state index contributed by atoms with van der Waals surface area (Å²) in [4.78, 5) is 23.3. The molecule has 0 rings (SSSR count). The molecule has 0 saturated carbocycles. The van der Waals surface area contributed by atoms with Crippen LogP contribution < -0.4 is 5.32 Å². The quantitative estimate of drug-likeness (QED) is 0.0243. The Morgan fingerprint density at radius 1 is 0.461 bits per heavy atom. The monoisotopic (exact) mass is 1080 g/mol. The molecular formula is C67H118N2O6P+. The molecule has 0 radical (unpaired) electrons. The molecule has 1 amide bonds. The van der Waals surface area contributed by atoms with Crippen LogP contribution in [0.5, 0.6) is 0 Å². The van der Waals surface area contributed by atoms with Crippen molar-refractivity contribution in [3.8, 4) is 0 Å². The van der Waals surface area contributed by atoms with Gasteiger partial charge in [0.1, 0.15) is 13.2 Å². The van der Waals surface area contributed by atoms with Crippen molar-refractivity contribution in [1.29, 1.82) is 0 Å². The van der Waals surface area contributed by atoms with E-state index in [0.717, 1.165) is 96.3 Å². The predicted octanol–water partition coefficient (Wildman–Crippen LogP) is 19.3. The lowest BCUT2D eigenvalue weighted by Crippen LogP contribution is -2.45. The topological polar surface area (TPSA) is 105 Å². The molecule has 76 heavy (non-hydrogen) atoms. The molecule has 3 atom stereocenters. The molecule has 0 aromatic carbocycles. The molecule has 0 aliphatic heterocycles. The van der Waals surface area contributed by atoms with E-state index in [1.807, 2.05) is 27.2 Å². The molecule has 9 heteroatoms. The Balaban J connectivity index is 4.20. The maximum atomic E-state index is 13.0. The maximum Gasteiger partial charge on any atom is 0.472 e. The van der Waals surface area contributed by atoms with Crippen molar-refractivity contribution in [3.63, 3.8) is 0 Å². The van der Waals surface area contributed by atoms with Crippen molar-refractivity contribution in [2.45, 2.75) is 257 Å². The van der Waals surface area contributed by atoms with E-state index in [1.165, 1.54) is 128 Å². The number of phosphoric ester groups is 1. The molecule has 436 valence electrons. The molecule has 0 aliphatic rings. The minimum Gasteiger partial charge on any atom is -0.387 e. The number of quaternary nitrogens is 1. The first kappa shape index (κ1) is 72.9. The molecule has 0 spiro atoms. The Morgan fingerprint density at radius 2 is 0.803 bits per heavy atom. The Bertz CT molecular complexity index is 1650. The van der Waals surface area contributed by atoms with Crippen LogP contribution in [-0.4, -0.2) is 73.4 Å². The number of hydrogen-bond acceptors (Lipinski definition) is 5. The number of unbranched alkanes of at least 4 members (excludes halogenated alkanes) is 24. The Morgan fingerprint density at radius 3 is 1.21 bits per heavy atom. The number of aliphatic hydroxyl groups is 1. The lowest BCUT2D eigenvalue weighted by molar-refractivity contribution is -0.870. The third-order valence-corrected chi connectivity index (χ3v) is 14.1. The van der Waals surface area contributed by atoms with E-state index in [2.05, 4.69) is 129 Å². The number of rotatable bonds is 55. The van der Waals surface area contributed by atoms with Crippen molar-refractivity contribution in [2.75, 3.05) is 40.9 Å². The summed E-state index contributed by atoms with van der Waals surface area (Å²) >= 11 is 0. The van der Waals surface area contributed by atoms with E-state index in [0.29, 0.717) is 17.4 Å². The molecule has 0 bridgehead atoms. The van der Waals surface area contributed by atoms with Crippen LogP contribution in [0.1, 0.15) is 245 Å². The maximum absolute atomic E-state index is 13.0. The second-order valence-electron chi connectivity index (χ2n) is 21.7. The van der Waals surface area contributed by atoms with Crippen LogP contribution in [0.4, 0.5) is 0 Å². The Hall–Kier alpha value is -3.10. The number of carbonyl (C=O) groups excluding carboxylic acids is 1. The molecule has 8 nitrogen and oxygen atoms in total. The number of aliphatic hydroxyl groups excluding tert-OH is 1. The van der Waals surface area contributed by atoms with Crippen LogP contribution in [0.25, 0.3) is 0 Å². The van der Waals surface area contributed by atoms with E-state index < -0.39 is 20.0 Å². The van der Waals surface area contributed by atoms with Crippen molar-refractivity contribution in [3.05, 3.63) is 122 Å². The highest BCUT2D eigenvalue weighted by Gasteiger charge is 2.27. The van der Waals surface area contributed by atoms with Crippen LogP contribution in [0, 0.1) is 0 Å². The third kappa shape index (κ3) is 58.6. The van der Waals surface area contributed by atoms with Gasteiger partial charge >= 0.3 is 7.82 Å². The average Bonchev–Trinajstić information content (AvgIpc) is 3.38. The van der Waals surface area contributed by atoms with Gasteiger partial charge in [-0.1, -0.05) is 264 Å². The largest absolute Gasteiger partial charge is 0.472 e. The SMILES string of the molecule is CC/C=C\C/C=C\C/C=C\C/C=C\C/C=C\C/C=C\C/C=C\C/C=C\CCCCCCCCCCCCC(=O)NC(COP(=O)(O)OCC[N+](C)(C)C)C(O)/C=C/CC/C=C/CCCCCCCCCCCCCCC. The summed E-state index contributed by atoms with van der Waals surface area (Å²) < 4.78 is 23.7. The zero-order chi connectivity index (χ0) is 55.6. The van der Waals surface area contributed by atoms with E-state index in [1.54, 1.807) is 6.08 Å². The summed E-state index contributed by atoms with van der Waals surface area (Å²) in [6.45, 7) is 4.68. The van der Waals surface area contributed by atoms with Gasteiger partial charge in [-0.3, -0.25) is 13.8 Å². The Kier molecular flexibility index (Phi) is 54.3. The highest BCUT2D eigenvalue weighted by Crippen LogP contribution is 2.43. The van der Waals surface area contributed by atoms with Crippen LogP contribution in [0.2, 0.25) is 0 Å². The van der Waals surface area contributed by atoms with Gasteiger partial charge in [0.25, 0.3) is 0 Å². The van der Waals surface area contributed by atoms with E-state index in [-0.39, 0.29) is 19.1 Å². The van der Waals surface area contributed by atoms with Crippen LogP contribution in [0.15, 0.2) is 122 Å². The summed E-state index contributed by atoms with van der Waals surface area (Å²) in [5.74, 6) is -0.195. The van der Waals surface area contributed by atoms with E-state index >= 15 is 0 Å².